The van der Waals surface area contributed by atoms with Crippen LogP contribution in [0, 0.1) is 0 Å². The Balaban J connectivity index is 1.62. The normalized spacial score (nSPS) is 10.5. The van der Waals surface area contributed by atoms with Crippen LogP contribution < -0.4 is 10.6 Å². The first-order valence-electron chi connectivity index (χ1n) is 9.94. The number of carbonyl (C=O) groups is 2. The highest BCUT2D eigenvalue weighted by Crippen LogP contribution is 2.23. The lowest BCUT2D eigenvalue weighted by Crippen LogP contribution is -2.18. The summed E-state index contributed by atoms with van der Waals surface area (Å²) in [6.45, 7) is 0.564. The molecule has 0 atom stereocenters. The van der Waals surface area contributed by atoms with Crippen molar-refractivity contribution in [2.24, 2.45) is 0 Å². The summed E-state index contributed by atoms with van der Waals surface area (Å²) >= 11 is 0. The monoisotopic (exact) mass is 410 g/mol. The summed E-state index contributed by atoms with van der Waals surface area (Å²) in [5.74, 6) is -0.433. The molecule has 0 bridgehead atoms. The Morgan fingerprint density at radius 3 is 2.13 bits per heavy atom. The summed E-state index contributed by atoms with van der Waals surface area (Å²) in [5, 5.41) is 10.2. The van der Waals surface area contributed by atoms with E-state index in [0.717, 1.165) is 11.1 Å². The van der Waals surface area contributed by atoms with Crippen molar-refractivity contribution in [2.45, 2.75) is 6.54 Å². The Kier molecular flexibility index (Phi) is 5.89. The van der Waals surface area contributed by atoms with Crippen LogP contribution >= 0.6 is 0 Å². The maximum absolute atomic E-state index is 13.1. The number of hydrogen-bond donors (Lipinski definition) is 2. The molecule has 2 N–H and O–H groups in total. The lowest BCUT2D eigenvalue weighted by Gasteiger charge is -2.06. The van der Waals surface area contributed by atoms with Crippen LogP contribution in [0.5, 0.6) is 0 Å². The van der Waals surface area contributed by atoms with E-state index in [0.29, 0.717) is 29.1 Å². The number of aromatic nitrogens is 2. The molecule has 6 nitrogen and oxygen atoms in total. The van der Waals surface area contributed by atoms with Gasteiger partial charge in [0.15, 0.2) is 0 Å². The minimum Gasteiger partial charge on any atom is -0.355 e. The minimum absolute atomic E-state index is 0.175. The van der Waals surface area contributed by atoms with Crippen LogP contribution in [0.1, 0.15) is 26.3 Å². The second kappa shape index (κ2) is 9.09. The van der Waals surface area contributed by atoms with Gasteiger partial charge in [-0.3, -0.25) is 14.3 Å². The van der Waals surface area contributed by atoms with Crippen molar-refractivity contribution in [3.63, 3.8) is 0 Å². The number of nitrogens with one attached hydrogen (secondary N) is 2. The van der Waals surface area contributed by atoms with Crippen LogP contribution in [0.25, 0.3) is 11.3 Å². The molecule has 2 amide bonds. The summed E-state index contributed by atoms with van der Waals surface area (Å²) < 4.78 is 1.78. The number of hydrogen-bond acceptors (Lipinski definition) is 3. The van der Waals surface area contributed by atoms with E-state index in [1.807, 2.05) is 60.7 Å². The summed E-state index contributed by atoms with van der Waals surface area (Å²) in [7, 11) is 1.58. The minimum atomic E-state index is -0.258. The van der Waals surface area contributed by atoms with Gasteiger partial charge in [-0.15, -0.1) is 0 Å². The van der Waals surface area contributed by atoms with Gasteiger partial charge in [0.2, 0.25) is 0 Å². The molecule has 0 radical (unpaired) electrons. The molecule has 0 fully saturated rings. The van der Waals surface area contributed by atoms with Gasteiger partial charge in [-0.25, -0.2) is 0 Å². The maximum atomic E-state index is 13.1. The highest BCUT2D eigenvalue weighted by molar-refractivity contribution is 6.08. The molecule has 154 valence electrons. The zero-order chi connectivity index (χ0) is 21.6. The Bertz CT molecular complexity index is 1180. The van der Waals surface area contributed by atoms with Gasteiger partial charge in [0, 0.05) is 30.1 Å². The SMILES string of the molecule is CNC(=O)c1ccc(NC(=O)c2cn(Cc3ccccc3)nc2-c2ccccc2)cc1. The number of amides is 2. The molecule has 0 saturated heterocycles. The van der Waals surface area contributed by atoms with E-state index in [9.17, 15) is 9.59 Å². The van der Waals surface area contributed by atoms with Crippen molar-refractivity contribution < 1.29 is 9.59 Å². The van der Waals surface area contributed by atoms with Crippen molar-refractivity contribution in [3.05, 3.63) is 108 Å². The van der Waals surface area contributed by atoms with E-state index in [1.54, 1.807) is 42.2 Å². The predicted molar refractivity (Wildman–Crippen MR) is 121 cm³/mol. The van der Waals surface area contributed by atoms with Crippen LogP contribution in [-0.4, -0.2) is 28.6 Å². The zero-order valence-electron chi connectivity index (χ0n) is 17.1. The van der Waals surface area contributed by atoms with E-state index in [-0.39, 0.29) is 11.8 Å². The van der Waals surface area contributed by atoms with E-state index in [1.165, 1.54) is 0 Å². The number of nitrogens with zero attached hydrogens (tertiary/aromatic N) is 2. The molecule has 3 aromatic carbocycles. The Hall–Kier alpha value is -4.19. The third-order valence-electron chi connectivity index (χ3n) is 4.87. The fourth-order valence-corrected chi connectivity index (χ4v) is 3.30. The van der Waals surface area contributed by atoms with Crippen molar-refractivity contribution in [2.75, 3.05) is 12.4 Å². The highest BCUT2D eigenvalue weighted by Gasteiger charge is 2.18. The molecule has 0 aliphatic heterocycles. The molecule has 6 heteroatoms. The molecule has 0 unspecified atom stereocenters. The van der Waals surface area contributed by atoms with E-state index < -0.39 is 0 Å². The van der Waals surface area contributed by atoms with Crippen LogP contribution in [0.3, 0.4) is 0 Å². The molecule has 4 aromatic rings. The first-order valence-corrected chi connectivity index (χ1v) is 9.94. The average molecular weight is 410 g/mol. The van der Waals surface area contributed by atoms with Gasteiger partial charge in [0.25, 0.3) is 11.8 Å². The summed E-state index contributed by atoms with van der Waals surface area (Å²) in [5.41, 5.74) is 4.21. The summed E-state index contributed by atoms with van der Waals surface area (Å²) in [6, 6.07) is 26.4. The molecule has 1 aromatic heterocycles. The molecule has 0 aliphatic rings. The second-order valence-corrected chi connectivity index (χ2v) is 7.05. The van der Waals surface area contributed by atoms with E-state index in [4.69, 9.17) is 0 Å². The van der Waals surface area contributed by atoms with Crippen molar-refractivity contribution in [1.82, 2.24) is 15.1 Å². The highest BCUT2D eigenvalue weighted by atomic mass is 16.2. The fourth-order valence-electron chi connectivity index (χ4n) is 3.30. The van der Waals surface area contributed by atoms with Gasteiger partial charge in [-0.2, -0.15) is 5.10 Å². The topological polar surface area (TPSA) is 76.0 Å². The molecular weight excluding hydrogens is 388 g/mol. The Labute approximate surface area is 180 Å². The summed E-state index contributed by atoms with van der Waals surface area (Å²) in [6.07, 6.45) is 1.77. The van der Waals surface area contributed by atoms with Gasteiger partial charge in [-0.1, -0.05) is 60.7 Å². The third kappa shape index (κ3) is 4.70. The molecule has 4 rings (SSSR count). The number of anilines is 1. The van der Waals surface area contributed by atoms with Crippen LogP contribution in [-0.2, 0) is 6.54 Å². The van der Waals surface area contributed by atoms with Crippen LogP contribution in [0.4, 0.5) is 5.69 Å². The van der Waals surface area contributed by atoms with Gasteiger partial charge >= 0.3 is 0 Å². The van der Waals surface area contributed by atoms with Gasteiger partial charge in [-0.05, 0) is 29.8 Å². The van der Waals surface area contributed by atoms with E-state index >= 15 is 0 Å². The number of carbonyl (C=O) groups excluding carboxylic acids is 2. The van der Waals surface area contributed by atoms with Crippen molar-refractivity contribution in [3.8, 4) is 11.3 Å². The standard InChI is InChI=1S/C25H22N4O2/c1-26-24(30)20-12-14-21(15-13-20)27-25(31)22-17-29(16-18-8-4-2-5-9-18)28-23(22)19-10-6-3-7-11-19/h2-15,17H,16H2,1H3,(H,26,30)(H,27,31). The van der Waals surface area contributed by atoms with E-state index in [2.05, 4.69) is 15.7 Å². The molecule has 0 saturated carbocycles. The van der Waals surface area contributed by atoms with Gasteiger partial charge in [0.1, 0.15) is 5.69 Å². The van der Waals surface area contributed by atoms with Gasteiger partial charge < -0.3 is 10.6 Å². The predicted octanol–water partition coefficient (Wildman–Crippen LogP) is 4.21. The third-order valence-corrected chi connectivity index (χ3v) is 4.87. The Morgan fingerprint density at radius 2 is 1.48 bits per heavy atom. The maximum Gasteiger partial charge on any atom is 0.259 e. The number of benzene rings is 3. The van der Waals surface area contributed by atoms with Gasteiger partial charge in [0.05, 0.1) is 12.1 Å². The molecular formula is C25H22N4O2. The lowest BCUT2D eigenvalue weighted by molar-refractivity contribution is 0.0962. The molecule has 1 heterocycles. The zero-order valence-corrected chi connectivity index (χ0v) is 17.1. The van der Waals surface area contributed by atoms with Crippen LogP contribution in [0.2, 0.25) is 0 Å². The van der Waals surface area contributed by atoms with Crippen molar-refractivity contribution >= 4 is 17.5 Å². The number of rotatable bonds is 6. The lowest BCUT2D eigenvalue weighted by atomic mass is 10.1. The second-order valence-electron chi connectivity index (χ2n) is 7.05. The fraction of sp³-hybridized carbons (Fsp3) is 0.0800. The van der Waals surface area contributed by atoms with Crippen LogP contribution in [0.15, 0.2) is 91.1 Å². The smallest absolute Gasteiger partial charge is 0.259 e. The van der Waals surface area contributed by atoms with Crippen molar-refractivity contribution in [1.29, 1.82) is 0 Å². The molecule has 0 spiro atoms. The quantitative estimate of drug-likeness (QED) is 0.500. The largest absolute Gasteiger partial charge is 0.355 e. The molecule has 31 heavy (non-hydrogen) atoms. The Morgan fingerprint density at radius 1 is 0.839 bits per heavy atom. The first-order chi connectivity index (χ1) is 15.1. The molecule has 0 aliphatic carbocycles. The average Bonchev–Trinajstić information content (AvgIpc) is 3.24. The summed E-state index contributed by atoms with van der Waals surface area (Å²) in [4.78, 5) is 24.8. The first kappa shape index (κ1) is 20.1.